The maximum absolute atomic E-state index is 12.2. The molecule has 1 heterocycles. The number of rotatable bonds is 7. The summed E-state index contributed by atoms with van der Waals surface area (Å²) in [5.41, 5.74) is 3.89. The number of H-pyrrole nitrogens is 1. The Hall–Kier alpha value is -2.88. The normalized spacial score (nSPS) is 10.6. The van der Waals surface area contributed by atoms with Crippen LogP contribution in [-0.4, -0.2) is 16.5 Å². The summed E-state index contributed by atoms with van der Waals surface area (Å²) in [4.78, 5) is 19.6. The molecule has 0 aliphatic carbocycles. The molecule has 25 heavy (non-hydrogen) atoms. The van der Waals surface area contributed by atoms with Crippen molar-refractivity contribution in [3.8, 4) is 0 Å². The molecule has 1 aromatic heterocycles. The fourth-order valence-electron chi connectivity index (χ4n) is 2.77. The van der Waals surface area contributed by atoms with Crippen molar-refractivity contribution in [3.63, 3.8) is 0 Å². The zero-order chi connectivity index (χ0) is 17.5. The van der Waals surface area contributed by atoms with Gasteiger partial charge in [0.05, 0.1) is 5.69 Å². The molecule has 0 saturated carbocycles. The standard InChI is InChI=1S/C21H23N3O/c1-16-19(15-18-11-6-3-7-12-18)23-21(24-20(16)25)22-14-8-13-17-9-4-2-5-10-17/h2-7,9-12H,8,13-15H2,1H3,(H2,22,23,24,25). The lowest BCUT2D eigenvalue weighted by Crippen LogP contribution is -2.19. The van der Waals surface area contributed by atoms with Crippen LogP contribution in [-0.2, 0) is 12.8 Å². The molecule has 0 fully saturated rings. The number of nitrogens with one attached hydrogen (secondary N) is 2. The van der Waals surface area contributed by atoms with Crippen LogP contribution in [0.2, 0.25) is 0 Å². The zero-order valence-electron chi connectivity index (χ0n) is 14.5. The summed E-state index contributed by atoms with van der Waals surface area (Å²) < 4.78 is 0. The third kappa shape index (κ3) is 4.80. The van der Waals surface area contributed by atoms with Gasteiger partial charge in [-0.3, -0.25) is 9.78 Å². The first kappa shape index (κ1) is 17.0. The Morgan fingerprint density at radius 3 is 2.28 bits per heavy atom. The molecule has 3 rings (SSSR count). The Balaban J connectivity index is 1.62. The summed E-state index contributed by atoms with van der Waals surface area (Å²) >= 11 is 0. The molecule has 0 spiro atoms. The third-order valence-electron chi connectivity index (χ3n) is 4.24. The van der Waals surface area contributed by atoms with E-state index in [1.165, 1.54) is 5.56 Å². The summed E-state index contributed by atoms with van der Waals surface area (Å²) in [6, 6.07) is 20.5. The minimum Gasteiger partial charge on any atom is -0.356 e. The predicted octanol–water partition coefficient (Wildman–Crippen LogP) is 3.71. The molecule has 128 valence electrons. The summed E-state index contributed by atoms with van der Waals surface area (Å²) in [5.74, 6) is 0.551. The van der Waals surface area contributed by atoms with Crippen molar-refractivity contribution in [1.29, 1.82) is 0 Å². The van der Waals surface area contributed by atoms with Gasteiger partial charge in [-0.25, -0.2) is 4.98 Å². The minimum absolute atomic E-state index is 0.0773. The van der Waals surface area contributed by atoms with Crippen molar-refractivity contribution in [3.05, 3.63) is 93.4 Å². The average Bonchev–Trinajstić information content (AvgIpc) is 2.64. The van der Waals surface area contributed by atoms with Gasteiger partial charge in [0.1, 0.15) is 0 Å². The molecule has 2 N–H and O–H groups in total. The first-order valence-corrected chi connectivity index (χ1v) is 8.64. The summed E-state index contributed by atoms with van der Waals surface area (Å²) in [6.45, 7) is 2.59. The Morgan fingerprint density at radius 1 is 0.960 bits per heavy atom. The number of aromatic amines is 1. The largest absolute Gasteiger partial charge is 0.356 e. The Morgan fingerprint density at radius 2 is 1.60 bits per heavy atom. The van der Waals surface area contributed by atoms with Crippen molar-refractivity contribution in [2.45, 2.75) is 26.2 Å². The van der Waals surface area contributed by atoms with E-state index < -0.39 is 0 Å². The maximum atomic E-state index is 12.2. The van der Waals surface area contributed by atoms with Crippen LogP contribution in [0.1, 0.15) is 28.8 Å². The number of aryl methyl sites for hydroxylation is 1. The van der Waals surface area contributed by atoms with Gasteiger partial charge in [0.2, 0.25) is 5.95 Å². The summed E-state index contributed by atoms with van der Waals surface area (Å²) in [5, 5.41) is 3.24. The number of hydrogen-bond acceptors (Lipinski definition) is 3. The van der Waals surface area contributed by atoms with Gasteiger partial charge in [0.25, 0.3) is 5.56 Å². The lowest BCUT2D eigenvalue weighted by Gasteiger charge is -2.10. The average molecular weight is 333 g/mol. The first-order chi connectivity index (χ1) is 12.2. The van der Waals surface area contributed by atoms with Crippen molar-refractivity contribution >= 4 is 5.95 Å². The van der Waals surface area contributed by atoms with E-state index in [1.54, 1.807) is 0 Å². The van der Waals surface area contributed by atoms with Gasteiger partial charge >= 0.3 is 0 Å². The van der Waals surface area contributed by atoms with Gasteiger partial charge in [-0.2, -0.15) is 0 Å². The van der Waals surface area contributed by atoms with E-state index in [1.807, 2.05) is 31.2 Å². The smallest absolute Gasteiger partial charge is 0.255 e. The number of benzene rings is 2. The molecule has 4 heteroatoms. The van der Waals surface area contributed by atoms with Crippen LogP contribution in [0, 0.1) is 6.92 Å². The highest BCUT2D eigenvalue weighted by Crippen LogP contribution is 2.10. The van der Waals surface area contributed by atoms with Gasteiger partial charge in [-0.05, 0) is 30.9 Å². The highest BCUT2D eigenvalue weighted by atomic mass is 16.1. The van der Waals surface area contributed by atoms with E-state index in [4.69, 9.17) is 0 Å². The lowest BCUT2D eigenvalue weighted by atomic mass is 10.1. The van der Waals surface area contributed by atoms with Gasteiger partial charge in [-0.1, -0.05) is 60.7 Å². The molecule has 0 saturated heterocycles. The van der Waals surface area contributed by atoms with E-state index in [0.29, 0.717) is 17.9 Å². The molecular formula is C21H23N3O. The van der Waals surface area contributed by atoms with E-state index in [9.17, 15) is 4.79 Å². The van der Waals surface area contributed by atoms with Crippen LogP contribution in [0.3, 0.4) is 0 Å². The quantitative estimate of drug-likeness (QED) is 0.648. The number of anilines is 1. The predicted molar refractivity (Wildman–Crippen MR) is 102 cm³/mol. The molecule has 0 aliphatic heterocycles. The van der Waals surface area contributed by atoms with Crippen molar-refractivity contribution in [2.24, 2.45) is 0 Å². The highest BCUT2D eigenvalue weighted by molar-refractivity contribution is 5.32. The highest BCUT2D eigenvalue weighted by Gasteiger charge is 2.08. The van der Waals surface area contributed by atoms with E-state index in [0.717, 1.165) is 30.6 Å². The molecule has 0 unspecified atom stereocenters. The molecule has 3 aromatic rings. The van der Waals surface area contributed by atoms with Crippen LogP contribution >= 0.6 is 0 Å². The van der Waals surface area contributed by atoms with Crippen LogP contribution in [0.15, 0.2) is 65.5 Å². The zero-order valence-corrected chi connectivity index (χ0v) is 14.5. The third-order valence-corrected chi connectivity index (χ3v) is 4.24. The summed E-state index contributed by atoms with van der Waals surface area (Å²) in [6.07, 6.45) is 2.64. The molecule has 0 atom stereocenters. The fraction of sp³-hybridized carbons (Fsp3) is 0.238. The van der Waals surface area contributed by atoms with E-state index in [2.05, 4.69) is 51.7 Å². The number of hydrogen-bond donors (Lipinski definition) is 2. The number of nitrogens with zero attached hydrogens (tertiary/aromatic N) is 1. The second-order valence-corrected chi connectivity index (χ2v) is 6.16. The molecule has 0 amide bonds. The number of aromatic nitrogens is 2. The molecule has 2 aromatic carbocycles. The van der Waals surface area contributed by atoms with E-state index >= 15 is 0 Å². The molecule has 4 nitrogen and oxygen atoms in total. The molecule has 0 radical (unpaired) electrons. The monoisotopic (exact) mass is 333 g/mol. The molecular weight excluding hydrogens is 310 g/mol. The molecule has 0 aliphatic rings. The van der Waals surface area contributed by atoms with Gasteiger partial charge < -0.3 is 5.32 Å². The van der Waals surface area contributed by atoms with Gasteiger partial charge in [-0.15, -0.1) is 0 Å². The first-order valence-electron chi connectivity index (χ1n) is 8.64. The Labute approximate surface area is 148 Å². The van der Waals surface area contributed by atoms with Gasteiger partial charge in [0.15, 0.2) is 0 Å². The fourth-order valence-corrected chi connectivity index (χ4v) is 2.77. The summed E-state index contributed by atoms with van der Waals surface area (Å²) in [7, 11) is 0. The van der Waals surface area contributed by atoms with Crippen LogP contribution in [0.25, 0.3) is 0 Å². The van der Waals surface area contributed by atoms with Crippen LogP contribution < -0.4 is 10.9 Å². The Kier molecular flexibility index (Phi) is 5.62. The SMILES string of the molecule is Cc1c(Cc2ccccc2)nc(NCCCc2ccccc2)[nH]c1=O. The van der Waals surface area contributed by atoms with Crippen LogP contribution in [0.4, 0.5) is 5.95 Å². The van der Waals surface area contributed by atoms with Crippen molar-refractivity contribution < 1.29 is 0 Å². The van der Waals surface area contributed by atoms with Crippen LogP contribution in [0.5, 0.6) is 0 Å². The molecule has 0 bridgehead atoms. The van der Waals surface area contributed by atoms with E-state index in [-0.39, 0.29) is 5.56 Å². The van der Waals surface area contributed by atoms with Gasteiger partial charge in [0, 0.05) is 18.5 Å². The Bertz CT molecular complexity index is 857. The minimum atomic E-state index is -0.0773. The topological polar surface area (TPSA) is 57.8 Å². The van der Waals surface area contributed by atoms with Crippen molar-refractivity contribution in [1.82, 2.24) is 9.97 Å². The van der Waals surface area contributed by atoms with Crippen molar-refractivity contribution in [2.75, 3.05) is 11.9 Å². The second kappa shape index (κ2) is 8.29. The maximum Gasteiger partial charge on any atom is 0.255 e. The second-order valence-electron chi connectivity index (χ2n) is 6.16. The lowest BCUT2D eigenvalue weighted by molar-refractivity contribution is 0.845.